The molecule has 1 fully saturated rings. The maximum Gasteiger partial charge on any atom is 0.119 e. The summed E-state index contributed by atoms with van der Waals surface area (Å²) in [6.07, 6.45) is 13.1. The van der Waals surface area contributed by atoms with E-state index < -0.39 is 10.8 Å². The van der Waals surface area contributed by atoms with E-state index in [1.807, 2.05) is 0 Å². The van der Waals surface area contributed by atoms with Crippen LogP contribution in [0.3, 0.4) is 0 Å². The number of likely N-dealkylation sites (tertiary alicyclic amines) is 1. The molecule has 36 aromatic rings. The Labute approximate surface area is 668 Å². The van der Waals surface area contributed by atoms with Crippen LogP contribution in [0.4, 0.5) is 0 Å². The van der Waals surface area contributed by atoms with Crippen molar-refractivity contribution in [3.8, 4) is 50.3 Å². The largest absolute Gasteiger partial charge is 0.492 e. The van der Waals surface area contributed by atoms with Crippen LogP contribution in [0, 0.1) is 0 Å². The van der Waals surface area contributed by atoms with Gasteiger partial charge in [-0.3, -0.25) is 9.88 Å². The molecule has 2 spiro atoms. The third-order valence-corrected chi connectivity index (χ3v) is 35.5. The van der Waals surface area contributed by atoms with Gasteiger partial charge in [0.15, 0.2) is 0 Å². The molecule has 120 heavy (non-hydrogen) atoms. The quantitative estimate of drug-likeness (QED) is 0.141. The second-order valence-electron chi connectivity index (χ2n) is 38.6. The number of rotatable bonds is 9. The van der Waals surface area contributed by atoms with Crippen LogP contribution in [-0.4, -0.2) is 49.5 Å². The van der Waals surface area contributed by atoms with Gasteiger partial charge in [0.1, 0.15) is 12.4 Å². The topological polar surface area (TPSA) is 82.7 Å². The van der Waals surface area contributed by atoms with Crippen LogP contribution >= 0.6 is 0 Å². The van der Waals surface area contributed by atoms with E-state index in [4.69, 9.17) is 19.7 Å². The number of ether oxygens (including phenoxy) is 1. The van der Waals surface area contributed by atoms with Crippen molar-refractivity contribution in [2.75, 3.05) is 19.7 Å². The van der Waals surface area contributed by atoms with Gasteiger partial charge in [-0.05, 0) is 414 Å². The van der Waals surface area contributed by atoms with Crippen molar-refractivity contribution in [1.82, 2.24) is 29.8 Å². The Hall–Kier alpha value is -15.2. The van der Waals surface area contributed by atoms with E-state index in [1.54, 1.807) is 313 Å². The van der Waals surface area contributed by atoms with E-state index in [0.717, 1.165) is 108 Å². The van der Waals surface area contributed by atoms with Crippen LogP contribution in [0.15, 0.2) is 164 Å². The van der Waals surface area contributed by atoms with Crippen LogP contribution in [0.25, 0.3) is 382 Å². The first-order valence-corrected chi connectivity index (χ1v) is 43.2. The predicted molar refractivity (Wildman–Crippen MR) is 499 cm³/mol. The van der Waals surface area contributed by atoms with Crippen LogP contribution in [0.5, 0.6) is 5.75 Å². The molecule has 3 aliphatic heterocycles. The van der Waals surface area contributed by atoms with Crippen molar-refractivity contribution in [3.63, 3.8) is 0 Å². The summed E-state index contributed by atoms with van der Waals surface area (Å²) in [4.78, 5) is 27.3. The predicted octanol–water partition coefficient (Wildman–Crippen LogP) is 28.5. The Morgan fingerprint density at radius 3 is 0.800 bits per heavy atom. The monoisotopic (exact) mass is 1500 g/mol. The van der Waals surface area contributed by atoms with Gasteiger partial charge in [0.25, 0.3) is 0 Å². The van der Waals surface area contributed by atoms with Gasteiger partial charge in [0.05, 0.1) is 39.6 Å². The summed E-state index contributed by atoms with van der Waals surface area (Å²) in [5, 5.41) is 87.8. The fourth-order valence-electron chi connectivity index (χ4n) is 33.4. The molecular weight excluding hydrogens is 1460 g/mol. The Kier molecular flexibility index (Phi) is 6.63. The molecule has 7 heteroatoms. The van der Waals surface area contributed by atoms with E-state index in [2.05, 4.69) is 203 Å². The zero-order valence-corrected chi connectivity index (χ0v) is 62.8. The number of nitrogens with zero attached hydrogens (tertiary/aromatic N) is 4. The average molecular weight is 1500 g/mol. The summed E-state index contributed by atoms with van der Waals surface area (Å²) in [6.45, 7) is 2.13. The number of hydrogen-bond acceptors (Lipinski definition) is 5. The first-order valence-electron chi connectivity index (χ1n) is 43.2. The lowest BCUT2D eigenvalue weighted by atomic mass is 9.47. The molecule has 7 heterocycles. The molecular formula is C113H40N6O. The van der Waals surface area contributed by atoms with Gasteiger partial charge in [-0.2, -0.15) is 0 Å². The number of nitrogens with one attached hydrogen (secondary N) is 2. The van der Waals surface area contributed by atoms with Gasteiger partial charge in [0.2, 0.25) is 0 Å². The summed E-state index contributed by atoms with van der Waals surface area (Å²) in [7, 11) is 0. The maximum atomic E-state index is 7.51. The highest BCUT2D eigenvalue weighted by Crippen LogP contribution is 2.87. The Morgan fingerprint density at radius 2 is 0.525 bits per heavy atom. The van der Waals surface area contributed by atoms with Gasteiger partial charge in [-0.25, -0.2) is 9.97 Å². The van der Waals surface area contributed by atoms with E-state index >= 15 is 0 Å². The van der Waals surface area contributed by atoms with Crippen LogP contribution in [0.1, 0.15) is 56.6 Å². The molecule has 32 aromatic carbocycles. The minimum absolute atomic E-state index is 0.0600. The SMILES string of the molecule is C1=Cc2nc1c(-c1ccccc1)c1ccc([nH]1)c(-c1ccccc1)c1nc(c(-c3ccc(OCCN4CC56c7c8c9c%10c%11c%12c(c%13c%14c5c5c7c7c%15c8c8c9c9c%11c%11c%16c%12c%12c%13c%13c%14c%14c5c5c7c7c%15c%15c8c8c9c%11c9c%11c%16c%12c%12c%13c%13c%14c5c5c7c7c%15c8c9c8c%11c%12c%13c5c78)C%106C4c4ccncc4)cc3)c3ccc([nH]3)c2-c2ccccc2)C=C1. The molecule has 7 nitrogen and oxygen atoms in total. The van der Waals surface area contributed by atoms with Crippen molar-refractivity contribution in [2.24, 2.45) is 0 Å². The molecule has 8 bridgehead atoms. The van der Waals surface area contributed by atoms with E-state index in [-0.39, 0.29) is 6.04 Å². The fraction of sp³-hybridized carbons (Fsp3) is 0.0531. The summed E-state index contributed by atoms with van der Waals surface area (Å²) in [5.41, 5.74) is 23.0. The summed E-state index contributed by atoms with van der Waals surface area (Å²) < 4.78 is 7.51. The molecule has 43 rings (SSSR count). The Morgan fingerprint density at radius 1 is 0.275 bits per heavy atom. The molecule has 0 amide bonds. The number of hydrogen-bond donors (Lipinski definition) is 2. The second kappa shape index (κ2) is 15.0. The second-order valence-corrected chi connectivity index (χ2v) is 38.6. The number of fused-ring (bicyclic) bond motifs is 8. The normalized spacial score (nSPS) is 19.1. The third-order valence-electron chi connectivity index (χ3n) is 35.5. The fourth-order valence-corrected chi connectivity index (χ4v) is 33.4. The molecule has 0 saturated carbocycles. The van der Waals surface area contributed by atoms with Gasteiger partial charge in [-0.1, -0.05) is 103 Å². The number of benzene rings is 22. The van der Waals surface area contributed by atoms with Gasteiger partial charge >= 0.3 is 0 Å². The van der Waals surface area contributed by atoms with Gasteiger partial charge in [0, 0.05) is 69.8 Å². The first kappa shape index (κ1) is 53.2. The van der Waals surface area contributed by atoms with Gasteiger partial charge in [-0.15, -0.1) is 0 Å². The smallest absolute Gasteiger partial charge is 0.119 e. The van der Waals surface area contributed by atoms with E-state index in [1.165, 1.54) is 5.56 Å². The highest BCUT2D eigenvalue weighted by Gasteiger charge is 2.76. The van der Waals surface area contributed by atoms with E-state index in [0.29, 0.717) is 6.61 Å². The highest BCUT2D eigenvalue weighted by atomic mass is 16.5. The maximum absolute atomic E-state index is 7.51. The van der Waals surface area contributed by atoms with Crippen LogP contribution < -0.4 is 4.74 Å². The van der Waals surface area contributed by atoms with Crippen molar-refractivity contribution in [1.29, 1.82) is 0 Å². The summed E-state index contributed by atoms with van der Waals surface area (Å²) >= 11 is 0. The number of pyridine rings is 1. The van der Waals surface area contributed by atoms with Crippen molar-refractivity contribution >= 4 is 337 Å². The highest BCUT2D eigenvalue weighted by molar-refractivity contribution is 6.82. The molecule has 1 atom stereocenters. The first-order chi connectivity index (χ1) is 59.7. The van der Waals surface area contributed by atoms with Crippen molar-refractivity contribution in [3.05, 3.63) is 215 Å². The standard InChI is InChI=1S/C113H40N6O/c1-4-10-35(11-5-1)49-41-20-22-43(115-41)50(36-12-6-2-7-13-36)45-24-26-47(117-45)52(48-27-25-46(118-48)51(37-14-8-3-9-15-37)44-23-21-42(49)116-44)38-16-18-40(19-17-38)120-33-32-119-34-112-107-99-91-81-71-63-55-53-54-57-61-59(55)67-75-69(61)79-73-65(57)66-58(54)62-60-56(53)64(63)72-78-68(60)76-70(62)80-74(66)84-83(73)95-89(79)97-87(75)93(85(91)77(67)71)101(107)103(97)109-105(95)106-96(84)90(80)98-88(76)94-86(78)92(82(72)81)100(99)108(112)102(94)104(98)110(106)113(109,112)111(119)39-28-30-114-31-29-39/h1-31,111,115,118H,32-34H2. The zero-order chi connectivity index (χ0) is 74.3. The molecule has 0 radical (unpaired) electrons. The number of aromatic amines is 2. The molecule has 4 aromatic heterocycles. The minimum Gasteiger partial charge on any atom is -0.492 e. The number of aromatic nitrogens is 5. The Balaban J connectivity index is 0.568. The lowest BCUT2D eigenvalue weighted by Gasteiger charge is -2.52. The van der Waals surface area contributed by atoms with E-state index in [9.17, 15) is 0 Å². The molecule has 1 unspecified atom stereocenters. The molecule has 7 aliphatic rings. The molecule has 528 valence electrons. The van der Waals surface area contributed by atoms with Crippen molar-refractivity contribution in [2.45, 2.75) is 16.9 Å². The van der Waals surface area contributed by atoms with Crippen molar-refractivity contribution < 1.29 is 4.74 Å². The van der Waals surface area contributed by atoms with Crippen LogP contribution in [-0.2, 0) is 10.8 Å². The molecule has 1 saturated heterocycles. The number of H-pyrrole nitrogens is 2. The van der Waals surface area contributed by atoms with Crippen LogP contribution in [0.2, 0.25) is 0 Å². The lowest BCUT2D eigenvalue weighted by molar-refractivity contribution is 0.181. The Bertz CT molecular complexity index is 10900. The summed E-state index contributed by atoms with van der Waals surface area (Å²) in [5.74, 6) is 0.855. The zero-order valence-electron chi connectivity index (χ0n) is 62.8. The molecule has 4 aliphatic carbocycles. The average Bonchev–Trinajstić information content (AvgIpc) is 1.38. The molecule has 2 N–H and O–H groups in total. The third kappa shape index (κ3) is 4.12. The summed E-state index contributed by atoms with van der Waals surface area (Å²) in [6, 6.07) is 54.9. The lowest BCUT2D eigenvalue weighted by Crippen LogP contribution is -2.51. The van der Waals surface area contributed by atoms with Gasteiger partial charge < -0.3 is 14.7 Å². The minimum atomic E-state index is -0.522.